The average molecular weight is 591 g/mol. The highest BCUT2D eigenvalue weighted by atomic mass is 32.2. The van der Waals surface area contributed by atoms with Gasteiger partial charge < -0.3 is 14.2 Å². The fourth-order valence-electron chi connectivity index (χ4n) is 4.32. The van der Waals surface area contributed by atoms with Crippen molar-refractivity contribution in [3.8, 4) is 5.75 Å². The molecule has 2 heterocycles. The Balaban J connectivity index is 1.30. The van der Waals surface area contributed by atoms with Gasteiger partial charge in [0.2, 0.25) is 4.75 Å². The summed E-state index contributed by atoms with van der Waals surface area (Å²) in [5, 5.41) is 1.63. The third kappa shape index (κ3) is 8.19. The number of benzene rings is 2. The molecule has 2 aromatic carbocycles. The van der Waals surface area contributed by atoms with Crippen molar-refractivity contribution in [1.29, 1.82) is 0 Å². The maximum Gasteiger partial charge on any atom is 0.333 e. The Morgan fingerprint density at radius 1 is 0.952 bits per heavy atom. The van der Waals surface area contributed by atoms with Gasteiger partial charge in [-0.1, -0.05) is 62.4 Å². The van der Waals surface area contributed by atoms with Gasteiger partial charge in [-0.05, 0) is 53.9 Å². The molecule has 2 atom stereocenters. The predicted octanol–water partition coefficient (Wildman–Crippen LogP) is 5.36. The largest absolute Gasteiger partial charge is 0.493 e. The van der Waals surface area contributed by atoms with Crippen LogP contribution >= 0.6 is 11.8 Å². The van der Waals surface area contributed by atoms with Crippen molar-refractivity contribution >= 4 is 34.8 Å². The molecule has 1 N–H and O–H groups in total. The van der Waals surface area contributed by atoms with Crippen LogP contribution in [0.15, 0.2) is 72.9 Å². The summed E-state index contributed by atoms with van der Waals surface area (Å²) in [6.45, 7) is 6.15. The van der Waals surface area contributed by atoms with Crippen molar-refractivity contribution in [2.24, 2.45) is 5.92 Å². The van der Waals surface area contributed by atoms with E-state index in [9.17, 15) is 19.2 Å². The van der Waals surface area contributed by atoms with Gasteiger partial charge in [-0.3, -0.25) is 24.7 Å². The third-order valence-corrected chi connectivity index (χ3v) is 7.73. The van der Waals surface area contributed by atoms with Crippen LogP contribution in [0.4, 0.5) is 4.79 Å². The molecule has 10 heteroatoms. The molecule has 1 aliphatic heterocycles. The summed E-state index contributed by atoms with van der Waals surface area (Å²) in [5.41, 5.74) is 3.11. The zero-order valence-corrected chi connectivity index (χ0v) is 24.6. The fraction of sp³-hybridized carbons (Fsp3) is 0.344. The lowest BCUT2D eigenvalue weighted by molar-refractivity contribution is -0.151. The maximum atomic E-state index is 13.1. The van der Waals surface area contributed by atoms with E-state index in [0.29, 0.717) is 42.5 Å². The SMILES string of the molecule is CC(C)CC(=O)O[C@@H](C)c1ccc(CCOc2ccc(CC3(C(=O)OCc4ccccc4)SC(=O)NC3=O)cc2)nc1. The minimum absolute atomic E-state index is 0.00140. The van der Waals surface area contributed by atoms with E-state index in [1.54, 1.807) is 30.5 Å². The van der Waals surface area contributed by atoms with Crippen LogP contribution in [0, 0.1) is 5.92 Å². The molecule has 42 heavy (non-hydrogen) atoms. The van der Waals surface area contributed by atoms with Crippen molar-refractivity contribution in [1.82, 2.24) is 10.3 Å². The van der Waals surface area contributed by atoms with Crippen LogP contribution in [0.2, 0.25) is 0 Å². The molecule has 9 nitrogen and oxygen atoms in total. The monoisotopic (exact) mass is 590 g/mol. The highest BCUT2D eigenvalue weighted by Gasteiger charge is 2.55. The Hall–Kier alpha value is -4.18. The summed E-state index contributed by atoms with van der Waals surface area (Å²) in [4.78, 5) is 54.2. The van der Waals surface area contributed by atoms with Crippen molar-refractivity contribution in [2.45, 2.75) is 57.5 Å². The van der Waals surface area contributed by atoms with Crippen molar-refractivity contribution in [2.75, 3.05) is 6.61 Å². The second-order valence-corrected chi connectivity index (χ2v) is 11.7. The maximum absolute atomic E-state index is 13.1. The number of thioether (sulfide) groups is 1. The molecule has 0 aliphatic carbocycles. The van der Waals surface area contributed by atoms with E-state index in [-0.39, 0.29) is 31.0 Å². The Morgan fingerprint density at radius 2 is 1.69 bits per heavy atom. The third-order valence-electron chi connectivity index (χ3n) is 6.60. The lowest BCUT2D eigenvalue weighted by atomic mass is 9.97. The second kappa shape index (κ2) is 14.1. The first-order chi connectivity index (χ1) is 20.1. The molecule has 0 radical (unpaired) electrons. The molecule has 1 unspecified atom stereocenters. The van der Waals surface area contributed by atoms with Crippen molar-refractivity contribution < 1.29 is 33.4 Å². The first kappa shape index (κ1) is 30.8. The molecule has 1 saturated heterocycles. The fourth-order valence-corrected chi connectivity index (χ4v) is 5.31. The summed E-state index contributed by atoms with van der Waals surface area (Å²) in [6.07, 6.45) is 2.28. The van der Waals surface area contributed by atoms with E-state index in [0.717, 1.165) is 16.8 Å². The zero-order chi connectivity index (χ0) is 30.1. The number of rotatable bonds is 13. The molecule has 0 spiro atoms. The van der Waals surface area contributed by atoms with Crippen LogP contribution in [0.5, 0.6) is 5.75 Å². The van der Waals surface area contributed by atoms with Crippen molar-refractivity contribution in [3.63, 3.8) is 0 Å². The molecule has 220 valence electrons. The Labute approximate surface area is 249 Å². The zero-order valence-electron chi connectivity index (χ0n) is 23.8. The van der Waals surface area contributed by atoms with Gasteiger partial charge in [-0.15, -0.1) is 0 Å². The van der Waals surface area contributed by atoms with Crippen LogP contribution in [-0.2, 0) is 43.3 Å². The van der Waals surface area contributed by atoms with Gasteiger partial charge in [0.1, 0.15) is 18.5 Å². The minimum Gasteiger partial charge on any atom is -0.493 e. The second-order valence-electron chi connectivity index (χ2n) is 10.5. The summed E-state index contributed by atoms with van der Waals surface area (Å²) in [7, 11) is 0. The molecule has 0 saturated carbocycles. The summed E-state index contributed by atoms with van der Waals surface area (Å²) >= 11 is 0.646. The normalized spacial score (nSPS) is 17.0. The van der Waals surface area contributed by atoms with Crippen LogP contribution in [-0.4, -0.2) is 39.4 Å². The first-order valence-electron chi connectivity index (χ1n) is 13.8. The van der Waals surface area contributed by atoms with Gasteiger partial charge in [0.15, 0.2) is 0 Å². The number of hydrogen-bond donors (Lipinski definition) is 1. The van der Waals surface area contributed by atoms with Gasteiger partial charge in [-0.25, -0.2) is 4.79 Å². The lowest BCUT2D eigenvalue weighted by Gasteiger charge is -2.22. The molecule has 1 aliphatic rings. The Bertz CT molecular complexity index is 1390. The highest BCUT2D eigenvalue weighted by Crippen LogP contribution is 2.37. The van der Waals surface area contributed by atoms with E-state index in [4.69, 9.17) is 14.2 Å². The van der Waals surface area contributed by atoms with Crippen LogP contribution < -0.4 is 10.1 Å². The van der Waals surface area contributed by atoms with Crippen LogP contribution in [0.25, 0.3) is 0 Å². The Morgan fingerprint density at radius 3 is 2.31 bits per heavy atom. The lowest BCUT2D eigenvalue weighted by Crippen LogP contribution is -2.46. The molecule has 0 bridgehead atoms. The number of nitrogens with one attached hydrogen (secondary N) is 1. The molecular formula is C32H34N2O7S. The number of esters is 2. The molecule has 3 aromatic rings. The quantitative estimate of drug-likeness (QED) is 0.207. The number of ether oxygens (including phenoxy) is 3. The molecule has 1 fully saturated rings. The number of aromatic nitrogens is 1. The van der Waals surface area contributed by atoms with E-state index in [2.05, 4.69) is 10.3 Å². The van der Waals surface area contributed by atoms with Gasteiger partial charge in [-0.2, -0.15) is 0 Å². The highest BCUT2D eigenvalue weighted by molar-refractivity contribution is 8.16. The number of nitrogens with zero attached hydrogens (tertiary/aromatic N) is 1. The van der Waals surface area contributed by atoms with E-state index >= 15 is 0 Å². The summed E-state index contributed by atoms with van der Waals surface area (Å²) < 4.78 is 15.1. The number of pyridine rings is 1. The predicted molar refractivity (Wildman–Crippen MR) is 158 cm³/mol. The van der Waals surface area contributed by atoms with Gasteiger partial charge in [0.25, 0.3) is 11.1 Å². The average Bonchev–Trinajstić information content (AvgIpc) is 3.26. The van der Waals surface area contributed by atoms with Gasteiger partial charge in [0, 0.05) is 36.7 Å². The minimum atomic E-state index is -1.70. The molecular weight excluding hydrogens is 556 g/mol. The van der Waals surface area contributed by atoms with Gasteiger partial charge in [0.05, 0.1) is 6.61 Å². The Kier molecular flexibility index (Phi) is 10.4. The first-order valence-corrected chi connectivity index (χ1v) is 14.6. The topological polar surface area (TPSA) is 121 Å². The number of carbonyl (C=O) groups excluding carboxylic acids is 4. The number of imide groups is 1. The molecule has 4 rings (SSSR count). The van der Waals surface area contributed by atoms with Crippen molar-refractivity contribution in [3.05, 3.63) is 95.3 Å². The van der Waals surface area contributed by atoms with E-state index in [1.165, 1.54) is 0 Å². The van der Waals surface area contributed by atoms with E-state index < -0.39 is 21.9 Å². The number of hydrogen-bond acceptors (Lipinski definition) is 9. The van der Waals surface area contributed by atoms with E-state index in [1.807, 2.05) is 63.2 Å². The van der Waals surface area contributed by atoms with Crippen LogP contribution in [0.1, 0.15) is 55.7 Å². The summed E-state index contributed by atoms with van der Waals surface area (Å²) in [5.74, 6) is -0.816. The van der Waals surface area contributed by atoms with Gasteiger partial charge >= 0.3 is 11.9 Å². The smallest absolute Gasteiger partial charge is 0.333 e. The van der Waals surface area contributed by atoms with Crippen LogP contribution in [0.3, 0.4) is 0 Å². The molecule has 2 amide bonds. The molecule has 1 aromatic heterocycles. The number of amides is 2. The standard InChI is InChI=1S/C32H34N2O7S/c1-21(2)17-28(35)41-22(3)25-11-12-26(33-19-25)15-16-39-27-13-9-23(10-14-27)18-32(29(36)34-31(38)42-32)30(37)40-20-24-7-5-4-6-8-24/h4-14,19,21-22H,15-18,20H2,1-3H3,(H,34,36,38)/t22-,32?/m0/s1. The summed E-state index contributed by atoms with van der Waals surface area (Å²) in [6, 6.07) is 19.9. The number of carbonyl (C=O) groups is 4.